The number of Topliss-reactive ketones (excluding diaryl/α,β-unsaturated/α-hetero) is 1. The van der Waals surface area contributed by atoms with Crippen molar-refractivity contribution in [3.63, 3.8) is 0 Å². The molecule has 1 aromatic carbocycles. The molecule has 4 heteroatoms. The van der Waals surface area contributed by atoms with Gasteiger partial charge in [0, 0.05) is 5.56 Å². The van der Waals surface area contributed by atoms with Gasteiger partial charge in [0.05, 0.1) is 0 Å². The zero-order valence-electron chi connectivity index (χ0n) is 7.53. The molecule has 0 aliphatic heterocycles. The van der Waals surface area contributed by atoms with Crippen LogP contribution < -0.4 is 56.5 Å². The molecule has 0 saturated heterocycles. The Kier molecular flexibility index (Phi) is 5.67. The first-order chi connectivity index (χ1) is 5.63. The van der Waals surface area contributed by atoms with Crippen molar-refractivity contribution < 1.29 is 66.1 Å². The number of hydrogen-bond acceptors (Lipinski definition) is 3. The van der Waals surface area contributed by atoms with E-state index in [1.807, 2.05) is 0 Å². The molecule has 0 saturated carbocycles. The molecule has 62 valence electrons. The largest absolute Gasteiger partial charge is 1.00 e. The second-order valence-corrected chi connectivity index (χ2v) is 2.43. The maximum atomic E-state index is 10.9. The fraction of sp³-hybridized carbons (Fsp3) is 0.111. The van der Waals surface area contributed by atoms with E-state index in [0.717, 1.165) is 0 Å². The predicted molar refractivity (Wildman–Crippen MR) is 40.5 cm³/mol. The van der Waals surface area contributed by atoms with Crippen LogP contribution in [0.15, 0.2) is 24.3 Å². The van der Waals surface area contributed by atoms with Crippen LogP contribution in [0, 0.1) is 6.92 Å². The van der Waals surface area contributed by atoms with Crippen molar-refractivity contribution in [2.24, 2.45) is 0 Å². The monoisotopic (exact) mass is 202 g/mol. The minimum Gasteiger partial charge on any atom is -0.541 e. The second-order valence-electron chi connectivity index (χ2n) is 2.43. The number of ketones is 1. The average Bonchev–Trinajstić information content (AvgIpc) is 2.04. The first kappa shape index (κ1) is 13.0. The van der Waals surface area contributed by atoms with E-state index >= 15 is 0 Å². The van der Waals surface area contributed by atoms with Gasteiger partial charge in [-0.05, 0) is 12.5 Å². The molecular weight excluding hydrogens is 195 g/mol. The zero-order valence-corrected chi connectivity index (χ0v) is 10.7. The summed E-state index contributed by atoms with van der Waals surface area (Å²) in [6.45, 7) is 1.68. The third kappa shape index (κ3) is 3.32. The van der Waals surface area contributed by atoms with E-state index in [1.54, 1.807) is 25.1 Å². The molecule has 0 spiro atoms. The van der Waals surface area contributed by atoms with Crippen LogP contribution >= 0.6 is 0 Å². The summed E-state index contributed by atoms with van der Waals surface area (Å²) in [6, 6.07) is 6.49. The van der Waals surface area contributed by atoms with Gasteiger partial charge >= 0.3 is 51.4 Å². The number of carboxylic acid groups (broad SMARTS) is 1. The van der Waals surface area contributed by atoms with Gasteiger partial charge in [0.1, 0.15) is 5.97 Å². The van der Waals surface area contributed by atoms with Gasteiger partial charge in [-0.1, -0.05) is 24.3 Å². The normalized spacial score (nSPS) is 8.69. The fourth-order valence-corrected chi connectivity index (χ4v) is 0.938. The molecule has 13 heavy (non-hydrogen) atoms. The molecule has 0 aliphatic carbocycles. The number of carbonyl (C=O) groups is 2. The molecule has 0 amide bonds. The number of hydrogen-bond donors (Lipinski definition) is 0. The van der Waals surface area contributed by atoms with Gasteiger partial charge in [-0.25, -0.2) is 0 Å². The maximum Gasteiger partial charge on any atom is 1.00 e. The summed E-state index contributed by atoms with van der Waals surface area (Å²) in [5, 5.41) is 10.2. The van der Waals surface area contributed by atoms with Gasteiger partial charge in [0.15, 0.2) is 0 Å². The first-order valence-electron chi connectivity index (χ1n) is 3.44. The van der Waals surface area contributed by atoms with E-state index in [2.05, 4.69) is 0 Å². The van der Waals surface area contributed by atoms with Crippen molar-refractivity contribution in [1.82, 2.24) is 0 Å². The summed E-state index contributed by atoms with van der Waals surface area (Å²) < 4.78 is 0. The van der Waals surface area contributed by atoms with Crippen LogP contribution in [0.1, 0.15) is 15.9 Å². The van der Waals surface area contributed by atoms with Gasteiger partial charge in [-0.15, -0.1) is 0 Å². The van der Waals surface area contributed by atoms with Gasteiger partial charge < -0.3 is 9.90 Å². The molecule has 1 rings (SSSR count). The van der Waals surface area contributed by atoms with Crippen molar-refractivity contribution in [2.75, 3.05) is 0 Å². The van der Waals surface area contributed by atoms with E-state index in [-0.39, 0.29) is 56.9 Å². The van der Waals surface area contributed by atoms with Crippen LogP contribution in [0.2, 0.25) is 0 Å². The van der Waals surface area contributed by atoms with Crippen molar-refractivity contribution >= 4 is 11.8 Å². The summed E-state index contributed by atoms with van der Waals surface area (Å²) in [7, 11) is 0. The van der Waals surface area contributed by atoms with Crippen LogP contribution in [0.5, 0.6) is 0 Å². The fourth-order valence-electron chi connectivity index (χ4n) is 0.938. The van der Waals surface area contributed by atoms with E-state index in [1.165, 1.54) is 6.07 Å². The second kappa shape index (κ2) is 5.67. The molecule has 0 unspecified atom stereocenters. The van der Waals surface area contributed by atoms with Gasteiger partial charge in [-0.2, -0.15) is 0 Å². The molecule has 0 N–H and O–H groups in total. The Bertz CT molecular complexity index is 333. The predicted octanol–water partition coefficient (Wildman–Crippen LogP) is -3.07. The Labute approximate surface area is 119 Å². The minimum atomic E-state index is -1.66. The first-order valence-corrected chi connectivity index (χ1v) is 3.44. The van der Waals surface area contributed by atoms with Crippen molar-refractivity contribution in [2.45, 2.75) is 6.92 Å². The van der Waals surface area contributed by atoms with E-state index in [4.69, 9.17) is 0 Å². The third-order valence-corrected chi connectivity index (χ3v) is 1.58. The number of carbonyl (C=O) groups excluding carboxylic acids is 2. The van der Waals surface area contributed by atoms with Crippen molar-refractivity contribution in [1.29, 1.82) is 0 Å². The Morgan fingerprint density at radius 1 is 1.23 bits per heavy atom. The molecular formula is C9H7KO3. The molecule has 0 atom stereocenters. The van der Waals surface area contributed by atoms with E-state index in [9.17, 15) is 14.7 Å². The quantitative estimate of drug-likeness (QED) is 0.290. The Hall–Kier alpha value is -0.00364. The maximum absolute atomic E-state index is 10.9. The summed E-state index contributed by atoms with van der Waals surface area (Å²) in [6.07, 6.45) is 0. The molecule has 0 bridgehead atoms. The third-order valence-electron chi connectivity index (χ3n) is 1.58. The molecule has 0 aromatic heterocycles. The van der Waals surface area contributed by atoms with Crippen molar-refractivity contribution in [3.05, 3.63) is 35.4 Å². The summed E-state index contributed by atoms with van der Waals surface area (Å²) >= 11 is 0. The number of carboxylic acids is 1. The van der Waals surface area contributed by atoms with E-state index < -0.39 is 11.8 Å². The van der Waals surface area contributed by atoms with Crippen molar-refractivity contribution in [3.8, 4) is 0 Å². The number of aliphatic carboxylic acids is 1. The van der Waals surface area contributed by atoms with Gasteiger partial charge in [-0.3, -0.25) is 4.79 Å². The minimum absolute atomic E-state index is 0. The van der Waals surface area contributed by atoms with Crippen LogP contribution in [-0.4, -0.2) is 11.8 Å². The summed E-state index contributed by atoms with van der Waals surface area (Å²) in [4.78, 5) is 21.1. The molecule has 0 fully saturated rings. The Balaban J connectivity index is 0.00000144. The summed E-state index contributed by atoms with van der Waals surface area (Å²) in [5.41, 5.74) is 0.837. The topological polar surface area (TPSA) is 57.2 Å². The molecule has 1 aromatic rings. The van der Waals surface area contributed by atoms with Crippen LogP contribution in [0.25, 0.3) is 0 Å². The Morgan fingerprint density at radius 2 is 1.77 bits per heavy atom. The standard InChI is InChI=1S/C9H8O3.K/c1-6-4-2-3-5-7(6)8(10)9(11)12;/h2-5H,1H3,(H,11,12);/q;+1/p-1. The smallest absolute Gasteiger partial charge is 0.541 e. The Morgan fingerprint density at radius 3 is 2.23 bits per heavy atom. The van der Waals surface area contributed by atoms with E-state index in [0.29, 0.717) is 5.56 Å². The van der Waals surface area contributed by atoms with Crippen LogP contribution in [0.4, 0.5) is 0 Å². The SMILES string of the molecule is Cc1ccccc1C(=O)C(=O)[O-].[K+]. The number of aryl methyl sites for hydroxylation is 1. The summed E-state index contributed by atoms with van der Waals surface area (Å²) in [5.74, 6) is -2.63. The molecule has 0 aliphatic rings. The van der Waals surface area contributed by atoms with Crippen LogP contribution in [-0.2, 0) is 4.79 Å². The molecule has 0 radical (unpaired) electrons. The number of rotatable bonds is 2. The number of benzene rings is 1. The van der Waals surface area contributed by atoms with Gasteiger partial charge in [0.2, 0.25) is 5.78 Å². The zero-order chi connectivity index (χ0) is 9.14. The average molecular weight is 202 g/mol. The molecule has 3 nitrogen and oxygen atoms in total. The molecule has 0 heterocycles. The van der Waals surface area contributed by atoms with Crippen LogP contribution in [0.3, 0.4) is 0 Å². The van der Waals surface area contributed by atoms with Gasteiger partial charge in [0.25, 0.3) is 0 Å².